The van der Waals surface area contributed by atoms with Crippen molar-refractivity contribution in [1.29, 1.82) is 0 Å². The number of halogens is 4. The number of carbonyl (C=O) groups excluding carboxylic acids is 1. The number of nitrogens with zero attached hydrogens (tertiary/aromatic N) is 1. The van der Waals surface area contributed by atoms with Crippen LogP contribution in [0, 0.1) is 6.92 Å². The Bertz CT molecular complexity index is 678. The third-order valence-electron chi connectivity index (χ3n) is 3.08. The first-order valence-electron chi connectivity index (χ1n) is 5.94. The van der Waals surface area contributed by atoms with Crippen LogP contribution in [0.25, 0.3) is 0 Å². The molecule has 0 fully saturated rings. The van der Waals surface area contributed by atoms with E-state index >= 15 is 0 Å². The summed E-state index contributed by atoms with van der Waals surface area (Å²) in [6.07, 6.45) is -4.66. The van der Waals surface area contributed by atoms with E-state index in [0.29, 0.717) is 5.56 Å². The van der Waals surface area contributed by atoms with Gasteiger partial charge in [0.25, 0.3) is 0 Å². The highest BCUT2D eigenvalue weighted by molar-refractivity contribution is 9.10. The summed E-state index contributed by atoms with van der Waals surface area (Å²) >= 11 is 2.92. The van der Waals surface area contributed by atoms with E-state index in [9.17, 15) is 23.1 Å². The van der Waals surface area contributed by atoms with Crippen LogP contribution in [0.4, 0.5) is 13.2 Å². The summed E-state index contributed by atoms with van der Waals surface area (Å²) in [5, 5.41) is 11.2. The van der Waals surface area contributed by atoms with Crippen molar-refractivity contribution in [3.8, 4) is 0 Å². The first-order valence-corrected chi connectivity index (χ1v) is 6.73. The van der Waals surface area contributed by atoms with Gasteiger partial charge in [0, 0.05) is 11.0 Å². The predicted molar refractivity (Wildman–Crippen MR) is 71.7 cm³/mol. The third kappa shape index (κ3) is 2.97. The molecule has 1 aromatic heterocycles. The molecule has 0 N–H and O–H groups in total. The van der Waals surface area contributed by atoms with Crippen LogP contribution in [-0.4, -0.2) is 10.5 Å². The molecule has 7 heteroatoms. The van der Waals surface area contributed by atoms with Gasteiger partial charge >= 0.3 is 6.18 Å². The third-order valence-corrected chi connectivity index (χ3v) is 4.05. The fourth-order valence-electron chi connectivity index (χ4n) is 2.20. The molecular formula is C14H10BrF3NO2-. The summed E-state index contributed by atoms with van der Waals surface area (Å²) in [7, 11) is 0. The minimum Gasteiger partial charge on any atom is -0.543 e. The van der Waals surface area contributed by atoms with Gasteiger partial charge in [0.1, 0.15) is 5.69 Å². The second-order valence-corrected chi connectivity index (χ2v) is 5.29. The molecule has 1 aromatic carbocycles. The Hall–Kier alpha value is -1.76. The van der Waals surface area contributed by atoms with Gasteiger partial charge in [0.15, 0.2) is 0 Å². The fraction of sp³-hybridized carbons (Fsp3) is 0.214. The molecule has 0 aliphatic rings. The Morgan fingerprint density at radius 3 is 2.33 bits per heavy atom. The average molecular weight is 361 g/mol. The van der Waals surface area contributed by atoms with Crippen molar-refractivity contribution in [3.05, 3.63) is 57.3 Å². The SMILES string of the molecule is Cc1c(Br)c(C(=O)[O-])n(Cc2ccccc2)c1C(F)(F)F. The van der Waals surface area contributed by atoms with Crippen molar-refractivity contribution in [2.45, 2.75) is 19.6 Å². The second kappa shape index (κ2) is 5.55. The molecule has 0 saturated heterocycles. The Morgan fingerprint density at radius 2 is 1.86 bits per heavy atom. The first kappa shape index (κ1) is 15.6. The highest BCUT2D eigenvalue weighted by Gasteiger charge is 2.39. The first-order chi connectivity index (χ1) is 9.73. The van der Waals surface area contributed by atoms with Gasteiger partial charge in [-0.15, -0.1) is 0 Å². The van der Waals surface area contributed by atoms with Crippen molar-refractivity contribution >= 4 is 21.9 Å². The summed E-state index contributed by atoms with van der Waals surface area (Å²) in [6.45, 7) is 1.02. The molecule has 2 rings (SSSR count). The Morgan fingerprint density at radius 1 is 1.29 bits per heavy atom. The largest absolute Gasteiger partial charge is 0.543 e. The minimum absolute atomic E-state index is 0.106. The standard InChI is InChI=1S/C14H11BrF3NO2/c1-8-10(15)11(13(20)21)19(12(8)14(16,17)18)7-9-5-3-2-4-6-9/h2-6H,7H2,1H3,(H,20,21)/p-1. The van der Waals surface area contributed by atoms with Gasteiger partial charge in [-0.2, -0.15) is 13.2 Å². The molecular weight excluding hydrogens is 351 g/mol. The molecule has 112 valence electrons. The maximum absolute atomic E-state index is 13.2. The van der Waals surface area contributed by atoms with E-state index in [1.165, 1.54) is 6.92 Å². The second-order valence-electron chi connectivity index (χ2n) is 4.49. The maximum Gasteiger partial charge on any atom is 0.431 e. The van der Waals surface area contributed by atoms with Gasteiger partial charge in [-0.1, -0.05) is 30.3 Å². The number of aromatic carboxylic acids is 1. The van der Waals surface area contributed by atoms with Crippen LogP contribution in [0.2, 0.25) is 0 Å². The lowest BCUT2D eigenvalue weighted by molar-refractivity contribution is -0.255. The number of carboxylic acid groups (broad SMARTS) is 1. The smallest absolute Gasteiger partial charge is 0.431 e. The monoisotopic (exact) mass is 360 g/mol. The molecule has 0 saturated carbocycles. The van der Waals surface area contributed by atoms with Crippen LogP contribution in [-0.2, 0) is 12.7 Å². The van der Waals surface area contributed by atoms with Crippen LogP contribution >= 0.6 is 15.9 Å². The van der Waals surface area contributed by atoms with E-state index in [1.807, 2.05) is 0 Å². The molecule has 1 heterocycles. The van der Waals surface area contributed by atoms with Crippen molar-refractivity contribution in [2.75, 3.05) is 0 Å². The Kier molecular flexibility index (Phi) is 4.13. The lowest BCUT2D eigenvalue weighted by Gasteiger charge is -2.16. The van der Waals surface area contributed by atoms with Crippen LogP contribution in [0.5, 0.6) is 0 Å². The lowest BCUT2D eigenvalue weighted by atomic mass is 10.2. The zero-order valence-electron chi connectivity index (χ0n) is 10.9. The zero-order chi connectivity index (χ0) is 15.8. The van der Waals surface area contributed by atoms with E-state index in [2.05, 4.69) is 15.9 Å². The van der Waals surface area contributed by atoms with Crippen LogP contribution in [0.3, 0.4) is 0 Å². The van der Waals surface area contributed by atoms with Gasteiger partial charge in [-0.05, 0) is 34.0 Å². The summed E-state index contributed by atoms with van der Waals surface area (Å²) < 4.78 is 40.3. The van der Waals surface area contributed by atoms with E-state index < -0.39 is 23.5 Å². The molecule has 2 aromatic rings. The summed E-state index contributed by atoms with van der Waals surface area (Å²) in [4.78, 5) is 11.2. The molecule has 0 amide bonds. The number of alkyl halides is 3. The van der Waals surface area contributed by atoms with Crippen LogP contribution in [0.15, 0.2) is 34.8 Å². The van der Waals surface area contributed by atoms with Gasteiger partial charge in [-0.25, -0.2) is 0 Å². The molecule has 0 atom stereocenters. The number of hydrogen-bond acceptors (Lipinski definition) is 2. The summed E-state index contributed by atoms with van der Waals surface area (Å²) in [5.41, 5.74) is -1.10. The Balaban J connectivity index is 2.67. The van der Waals surface area contributed by atoms with Crippen molar-refractivity contribution in [3.63, 3.8) is 0 Å². The van der Waals surface area contributed by atoms with Gasteiger partial charge < -0.3 is 14.5 Å². The Labute approximate surface area is 127 Å². The number of rotatable bonds is 3. The number of carbonyl (C=O) groups is 1. The molecule has 21 heavy (non-hydrogen) atoms. The van der Waals surface area contributed by atoms with E-state index in [4.69, 9.17) is 0 Å². The van der Waals surface area contributed by atoms with Gasteiger partial charge in [0.05, 0.1) is 11.7 Å². The molecule has 0 unspecified atom stereocenters. The average Bonchev–Trinajstić information content (AvgIpc) is 2.62. The van der Waals surface area contributed by atoms with Crippen LogP contribution in [0.1, 0.15) is 27.3 Å². The van der Waals surface area contributed by atoms with Crippen LogP contribution < -0.4 is 5.11 Å². The van der Waals surface area contributed by atoms with E-state index in [-0.39, 0.29) is 16.6 Å². The molecule has 0 radical (unpaired) electrons. The predicted octanol–water partition coefficient (Wildman–Crippen LogP) is 2.99. The highest BCUT2D eigenvalue weighted by atomic mass is 79.9. The topological polar surface area (TPSA) is 45.1 Å². The number of hydrogen-bond donors (Lipinski definition) is 0. The molecule has 0 aliphatic carbocycles. The highest BCUT2D eigenvalue weighted by Crippen LogP contribution is 2.39. The summed E-state index contributed by atoms with van der Waals surface area (Å²) in [5.74, 6) is -1.66. The molecule has 0 aliphatic heterocycles. The van der Waals surface area contributed by atoms with Crippen molar-refractivity contribution in [2.24, 2.45) is 0 Å². The van der Waals surface area contributed by atoms with E-state index in [0.717, 1.165) is 4.57 Å². The van der Waals surface area contributed by atoms with Gasteiger partial charge in [0.2, 0.25) is 0 Å². The number of benzene rings is 1. The number of aromatic nitrogens is 1. The normalized spacial score (nSPS) is 11.7. The zero-order valence-corrected chi connectivity index (χ0v) is 12.5. The maximum atomic E-state index is 13.2. The van der Waals surface area contributed by atoms with Crippen molar-refractivity contribution in [1.82, 2.24) is 4.57 Å². The lowest BCUT2D eigenvalue weighted by Crippen LogP contribution is -2.28. The minimum atomic E-state index is -4.66. The molecule has 3 nitrogen and oxygen atoms in total. The van der Waals surface area contributed by atoms with Crippen molar-refractivity contribution < 1.29 is 23.1 Å². The van der Waals surface area contributed by atoms with Gasteiger partial charge in [-0.3, -0.25) is 0 Å². The summed E-state index contributed by atoms with van der Waals surface area (Å²) in [6, 6.07) is 8.33. The molecule has 0 bridgehead atoms. The number of carboxylic acids is 1. The van der Waals surface area contributed by atoms with E-state index in [1.54, 1.807) is 30.3 Å². The quantitative estimate of drug-likeness (QED) is 0.844. The fourth-order valence-corrected chi connectivity index (χ4v) is 2.77. The molecule has 0 spiro atoms.